The molecule has 1 amide bonds. The van der Waals surface area contributed by atoms with Gasteiger partial charge in [-0.25, -0.2) is 0 Å². The van der Waals surface area contributed by atoms with Gasteiger partial charge in [0.2, 0.25) is 5.91 Å². The van der Waals surface area contributed by atoms with Crippen molar-refractivity contribution < 1.29 is 9.21 Å². The van der Waals surface area contributed by atoms with Crippen molar-refractivity contribution in [3.05, 3.63) is 50.2 Å². The second kappa shape index (κ2) is 6.51. The molecule has 3 heterocycles. The Balaban J connectivity index is 1.83. The summed E-state index contributed by atoms with van der Waals surface area (Å²) < 4.78 is 6.67. The summed E-state index contributed by atoms with van der Waals surface area (Å²) in [4.78, 5) is 29.5. The lowest BCUT2D eigenvalue weighted by Gasteiger charge is -2.07. The summed E-state index contributed by atoms with van der Waals surface area (Å²) in [5.41, 5.74) is -0.243. The van der Waals surface area contributed by atoms with Crippen molar-refractivity contribution in [3.8, 4) is 0 Å². The Morgan fingerprint density at radius 2 is 2.35 bits per heavy atom. The molecule has 6 nitrogen and oxygen atoms in total. The lowest BCUT2D eigenvalue weighted by Crippen LogP contribution is -2.32. The number of furan rings is 1. The zero-order valence-corrected chi connectivity index (χ0v) is 14.1. The molecule has 0 fully saturated rings. The number of fused-ring (bicyclic) bond motifs is 1. The zero-order chi connectivity index (χ0) is 16.4. The predicted molar refractivity (Wildman–Crippen MR) is 91.2 cm³/mol. The van der Waals surface area contributed by atoms with Crippen molar-refractivity contribution in [2.75, 3.05) is 0 Å². The molecule has 0 spiro atoms. The first-order valence-electron chi connectivity index (χ1n) is 7.13. The van der Waals surface area contributed by atoms with Crippen molar-refractivity contribution in [3.63, 3.8) is 0 Å². The standard InChI is InChI=1S/C15H15N3O3S2/c1-2-10-6-11-13(23-10)17-15(22)18(14(11)20)8-12(19)16-7-9-4-3-5-21-9/h3-6H,2,7-8H2,1H3,(H,16,19)(H,17,22). The Bertz CT molecular complexity index is 951. The summed E-state index contributed by atoms with van der Waals surface area (Å²) in [6.07, 6.45) is 2.39. The molecule has 0 bridgehead atoms. The van der Waals surface area contributed by atoms with E-state index in [1.54, 1.807) is 12.1 Å². The molecule has 0 radical (unpaired) electrons. The average Bonchev–Trinajstić information content (AvgIpc) is 3.18. The fourth-order valence-corrected chi connectivity index (χ4v) is 3.51. The van der Waals surface area contributed by atoms with Crippen LogP contribution in [-0.2, 0) is 24.3 Å². The van der Waals surface area contributed by atoms with Crippen LogP contribution < -0.4 is 10.9 Å². The van der Waals surface area contributed by atoms with Crippen LogP contribution in [0.4, 0.5) is 0 Å². The third-order valence-corrected chi connectivity index (χ3v) is 4.93. The van der Waals surface area contributed by atoms with Gasteiger partial charge in [-0.2, -0.15) is 0 Å². The van der Waals surface area contributed by atoms with Crippen molar-refractivity contribution in [1.29, 1.82) is 0 Å². The number of hydrogen-bond acceptors (Lipinski definition) is 5. The number of aromatic nitrogens is 2. The van der Waals surface area contributed by atoms with Crippen LogP contribution in [-0.4, -0.2) is 15.5 Å². The van der Waals surface area contributed by atoms with Gasteiger partial charge < -0.3 is 14.7 Å². The van der Waals surface area contributed by atoms with E-state index in [-0.39, 0.29) is 29.3 Å². The molecule has 0 aromatic carbocycles. The van der Waals surface area contributed by atoms with Gasteiger partial charge in [-0.3, -0.25) is 14.2 Å². The van der Waals surface area contributed by atoms with E-state index in [2.05, 4.69) is 10.3 Å². The molecule has 0 saturated carbocycles. The first-order valence-corrected chi connectivity index (χ1v) is 8.35. The van der Waals surface area contributed by atoms with Gasteiger partial charge in [0, 0.05) is 4.88 Å². The average molecular weight is 349 g/mol. The number of rotatable bonds is 5. The van der Waals surface area contributed by atoms with Gasteiger partial charge in [-0.05, 0) is 36.8 Å². The molecule has 3 aromatic rings. The fraction of sp³-hybridized carbons (Fsp3) is 0.267. The van der Waals surface area contributed by atoms with E-state index in [9.17, 15) is 9.59 Å². The van der Waals surface area contributed by atoms with Gasteiger partial charge in [-0.1, -0.05) is 6.92 Å². The topological polar surface area (TPSA) is 80.0 Å². The van der Waals surface area contributed by atoms with Crippen LogP contribution in [0.3, 0.4) is 0 Å². The largest absolute Gasteiger partial charge is 0.467 e. The Hall–Kier alpha value is -2.19. The minimum absolute atomic E-state index is 0.123. The van der Waals surface area contributed by atoms with E-state index in [1.165, 1.54) is 22.2 Å². The second-order valence-electron chi connectivity index (χ2n) is 4.99. The van der Waals surface area contributed by atoms with E-state index < -0.39 is 0 Å². The summed E-state index contributed by atoms with van der Waals surface area (Å²) in [7, 11) is 0. The van der Waals surface area contributed by atoms with Crippen molar-refractivity contribution in [2.24, 2.45) is 0 Å². The maximum absolute atomic E-state index is 12.5. The van der Waals surface area contributed by atoms with Crippen molar-refractivity contribution in [1.82, 2.24) is 14.9 Å². The maximum Gasteiger partial charge on any atom is 0.263 e. The highest BCUT2D eigenvalue weighted by Gasteiger charge is 2.12. The van der Waals surface area contributed by atoms with E-state index in [1.807, 2.05) is 13.0 Å². The summed E-state index contributed by atoms with van der Waals surface area (Å²) >= 11 is 6.72. The molecular formula is C15H15N3O3S2. The van der Waals surface area contributed by atoms with Crippen LogP contribution in [0.1, 0.15) is 17.6 Å². The van der Waals surface area contributed by atoms with E-state index >= 15 is 0 Å². The number of aryl methyl sites for hydroxylation is 1. The normalized spacial score (nSPS) is 11.0. The van der Waals surface area contributed by atoms with Crippen molar-refractivity contribution >= 4 is 39.7 Å². The summed E-state index contributed by atoms with van der Waals surface area (Å²) in [5, 5.41) is 3.27. The van der Waals surface area contributed by atoms with E-state index in [0.717, 1.165) is 16.1 Å². The highest BCUT2D eigenvalue weighted by Crippen LogP contribution is 2.21. The van der Waals surface area contributed by atoms with Gasteiger partial charge in [0.25, 0.3) is 5.56 Å². The molecule has 0 aliphatic heterocycles. The number of aromatic amines is 1. The number of hydrogen-bond donors (Lipinski definition) is 2. The minimum atomic E-state index is -0.298. The number of thiophene rings is 1. The molecule has 0 saturated heterocycles. The maximum atomic E-state index is 12.5. The Labute approximate surface area is 140 Å². The number of nitrogens with zero attached hydrogens (tertiary/aromatic N) is 1. The fourth-order valence-electron chi connectivity index (χ4n) is 2.21. The molecular weight excluding hydrogens is 334 g/mol. The van der Waals surface area contributed by atoms with Crippen LogP contribution in [0.15, 0.2) is 33.7 Å². The number of amides is 1. The smallest absolute Gasteiger partial charge is 0.263 e. The van der Waals surface area contributed by atoms with Gasteiger partial charge in [-0.15, -0.1) is 11.3 Å². The monoisotopic (exact) mass is 349 g/mol. The summed E-state index contributed by atoms with van der Waals surface area (Å²) in [6.45, 7) is 2.18. The lowest BCUT2D eigenvalue weighted by atomic mass is 10.3. The van der Waals surface area contributed by atoms with Crippen molar-refractivity contribution in [2.45, 2.75) is 26.4 Å². The van der Waals surface area contributed by atoms with Crippen LogP contribution in [0.5, 0.6) is 0 Å². The minimum Gasteiger partial charge on any atom is -0.467 e. The number of H-pyrrole nitrogens is 1. The molecule has 3 aromatic heterocycles. The molecule has 0 aliphatic rings. The van der Waals surface area contributed by atoms with Crippen LogP contribution in [0.25, 0.3) is 10.2 Å². The highest BCUT2D eigenvalue weighted by atomic mass is 32.1. The molecule has 0 aliphatic carbocycles. The molecule has 23 heavy (non-hydrogen) atoms. The van der Waals surface area contributed by atoms with Gasteiger partial charge in [0.15, 0.2) is 4.77 Å². The molecule has 8 heteroatoms. The van der Waals surface area contributed by atoms with Gasteiger partial charge in [0.1, 0.15) is 17.1 Å². The highest BCUT2D eigenvalue weighted by molar-refractivity contribution is 7.71. The number of carbonyl (C=O) groups is 1. The van der Waals surface area contributed by atoms with Gasteiger partial charge in [0.05, 0.1) is 18.2 Å². The van der Waals surface area contributed by atoms with Crippen LogP contribution in [0.2, 0.25) is 0 Å². The zero-order valence-electron chi connectivity index (χ0n) is 12.4. The van der Waals surface area contributed by atoms with Crippen LogP contribution >= 0.6 is 23.6 Å². The molecule has 120 valence electrons. The third-order valence-electron chi connectivity index (χ3n) is 3.41. The molecule has 0 unspecified atom stereocenters. The summed E-state index contributed by atoms with van der Waals surface area (Å²) in [5.74, 6) is 0.352. The number of carbonyl (C=O) groups excluding carboxylic acids is 1. The van der Waals surface area contributed by atoms with Crippen LogP contribution in [0, 0.1) is 4.77 Å². The Kier molecular flexibility index (Phi) is 4.44. The lowest BCUT2D eigenvalue weighted by molar-refractivity contribution is -0.122. The SMILES string of the molecule is CCc1cc2c(=O)n(CC(=O)NCc3ccco3)c(=S)[nH]c2s1. The Morgan fingerprint density at radius 1 is 1.52 bits per heavy atom. The van der Waals surface area contributed by atoms with E-state index in [4.69, 9.17) is 16.6 Å². The number of nitrogens with one attached hydrogen (secondary N) is 2. The third kappa shape index (κ3) is 3.27. The Morgan fingerprint density at radius 3 is 3.04 bits per heavy atom. The molecule has 3 rings (SSSR count). The first kappa shape index (κ1) is 15.7. The summed E-state index contributed by atoms with van der Waals surface area (Å²) in [6, 6.07) is 5.37. The molecule has 0 atom stereocenters. The predicted octanol–water partition coefficient (Wildman–Crippen LogP) is 2.59. The second-order valence-corrected chi connectivity index (χ2v) is 6.51. The quantitative estimate of drug-likeness (QED) is 0.694. The molecule has 2 N–H and O–H groups in total. The van der Waals surface area contributed by atoms with E-state index in [0.29, 0.717) is 11.1 Å². The first-order chi connectivity index (χ1) is 11.1. The van der Waals surface area contributed by atoms with Gasteiger partial charge >= 0.3 is 0 Å².